The van der Waals surface area contributed by atoms with Crippen LogP contribution in [0.1, 0.15) is 55.8 Å². The van der Waals surface area contributed by atoms with Crippen LogP contribution < -0.4 is 10.2 Å². The van der Waals surface area contributed by atoms with E-state index in [0.717, 1.165) is 31.4 Å². The topological polar surface area (TPSA) is 108 Å². The highest BCUT2D eigenvalue weighted by Gasteiger charge is 2.51. The van der Waals surface area contributed by atoms with Crippen LogP contribution in [0.15, 0.2) is 33.6 Å². The van der Waals surface area contributed by atoms with Gasteiger partial charge in [0.05, 0.1) is 33.5 Å². The number of amides is 1. The maximum Gasteiger partial charge on any atom is 0.417 e. The molecule has 13 heteroatoms. The summed E-state index contributed by atoms with van der Waals surface area (Å²) >= 11 is 2.99. The molecule has 0 radical (unpaired) electrons. The van der Waals surface area contributed by atoms with Crippen LogP contribution in [0.3, 0.4) is 0 Å². The molecule has 2 heterocycles. The summed E-state index contributed by atoms with van der Waals surface area (Å²) in [6, 6.07) is 5.96. The number of alkyl halides is 3. The molecule has 2 atom stereocenters. The number of hydrogen-bond donors (Lipinski definition) is 1. The zero-order valence-electron chi connectivity index (χ0n) is 19.9. The lowest BCUT2D eigenvalue weighted by Gasteiger charge is -2.32. The molecule has 2 saturated carbocycles. The largest absolute Gasteiger partial charge is 0.417 e. The number of anilines is 1. The Hall–Kier alpha value is -2.59. The number of benzene rings is 1. The second-order valence-corrected chi connectivity index (χ2v) is 13.2. The van der Waals surface area contributed by atoms with Crippen LogP contribution >= 0.6 is 15.9 Å². The molecule has 5 rings (SSSR count). The summed E-state index contributed by atoms with van der Waals surface area (Å²) < 4.78 is 70.6. The molecule has 0 unspecified atom stereocenters. The number of aromatic nitrogens is 2. The predicted octanol–water partition coefficient (Wildman–Crippen LogP) is 4.29. The monoisotopic (exact) mass is 599 g/mol. The number of halogens is 4. The minimum absolute atomic E-state index is 0.107. The molecular formula is C24H25BrF3N5O3S. The van der Waals surface area contributed by atoms with Crippen LogP contribution in [0.2, 0.25) is 0 Å². The molecule has 1 aromatic carbocycles. The Morgan fingerprint density at radius 2 is 1.97 bits per heavy atom. The van der Waals surface area contributed by atoms with E-state index in [-0.39, 0.29) is 23.5 Å². The molecule has 3 aliphatic rings. The number of rotatable bonds is 6. The molecule has 2 aromatic rings. The zero-order chi connectivity index (χ0) is 26.8. The van der Waals surface area contributed by atoms with Crippen molar-refractivity contribution in [3.05, 3.63) is 40.0 Å². The third kappa shape index (κ3) is 4.74. The molecular weight excluding hydrogens is 575 g/mol. The van der Waals surface area contributed by atoms with Crippen LogP contribution in [0.5, 0.6) is 0 Å². The van der Waals surface area contributed by atoms with E-state index in [1.807, 2.05) is 0 Å². The Kier molecular flexibility index (Phi) is 6.34. The van der Waals surface area contributed by atoms with E-state index in [9.17, 15) is 31.6 Å². The summed E-state index contributed by atoms with van der Waals surface area (Å²) in [7, 11) is -4.49. The summed E-state index contributed by atoms with van der Waals surface area (Å²) in [4.78, 5) is 14.2. The van der Waals surface area contributed by atoms with Crippen molar-refractivity contribution in [3.8, 4) is 6.07 Å². The summed E-state index contributed by atoms with van der Waals surface area (Å²) in [5.41, 5.74) is -1.53. The Bertz CT molecular complexity index is 1390. The summed E-state index contributed by atoms with van der Waals surface area (Å²) in [6.45, 7) is 1.62. The van der Waals surface area contributed by atoms with Crippen molar-refractivity contribution >= 4 is 37.5 Å². The highest BCUT2D eigenvalue weighted by atomic mass is 79.9. The fourth-order valence-electron chi connectivity index (χ4n) is 5.00. The van der Waals surface area contributed by atoms with Crippen molar-refractivity contribution in [1.29, 1.82) is 5.26 Å². The summed E-state index contributed by atoms with van der Waals surface area (Å²) in [5.74, 6) is 0.0521. The van der Waals surface area contributed by atoms with Gasteiger partial charge in [0.2, 0.25) is 5.91 Å². The minimum Gasteiger partial charge on any atom is -0.343 e. The van der Waals surface area contributed by atoms with Crippen molar-refractivity contribution in [2.24, 2.45) is 0 Å². The third-order valence-corrected chi connectivity index (χ3v) is 10.1. The van der Waals surface area contributed by atoms with Gasteiger partial charge >= 0.3 is 6.18 Å². The first-order chi connectivity index (χ1) is 17.3. The van der Waals surface area contributed by atoms with Crippen molar-refractivity contribution in [2.75, 3.05) is 11.4 Å². The number of nitrogens with zero attached hydrogens (tertiary/aromatic N) is 4. The lowest BCUT2D eigenvalue weighted by molar-refractivity contribution is -0.140. The first kappa shape index (κ1) is 26.0. The van der Waals surface area contributed by atoms with E-state index in [2.05, 4.69) is 32.4 Å². The van der Waals surface area contributed by atoms with Gasteiger partial charge in [-0.15, -0.1) is 0 Å². The van der Waals surface area contributed by atoms with Crippen LogP contribution in [0.4, 0.5) is 19.0 Å². The molecule has 198 valence electrons. The third-order valence-electron chi connectivity index (χ3n) is 7.44. The Labute approximate surface area is 220 Å². The Morgan fingerprint density at radius 1 is 1.27 bits per heavy atom. The Morgan fingerprint density at radius 3 is 2.54 bits per heavy atom. The molecule has 2 aliphatic carbocycles. The number of hydrogen-bond acceptors (Lipinski definition) is 6. The van der Waals surface area contributed by atoms with Crippen molar-refractivity contribution in [2.45, 2.75) is 79.4 Å². The van der Waals surface area contributed by atoms with Crippen molar-refractivity contribution in [3.63, 3.8) is 0 Å². The zero-order valence-corrected chi connectivity index (χ0v) is 22.3. The summed E-state index contributed by atoms with van der Waals surface area (Å²) in [6.07, 6.45) is -1.28. The van der Waals surface area contributed by atoms with Gasteiger partial charge in [-0.25, -0.2) is 13.1 Å². The van der Waals surface area contributed by atoms with Gasteiger partial charge in [-0.2, -0.15) is 23.5 Å². The van der Waals surface area contributed by atoms with E-state index in [0.29, 0.717) is 24.4 Å². The van der Waals surface area contributed by atoms with Gasteiger partial charge in [0.25, 0.3) is 0 Å². The van der Waals surface area contributed by atoms with E-state index >= 15 is 0 Å². The number of aryl methyl sites for hydroxylation is 1. The summed E-state index contributed by atoms with van der Waals surface area (Å²) in [5, 5.41) is 15.5. The molecule has 8 nitrogen and oxygen atoms in total. The smallest absolute Gasteiger partial charge is 0.343 e. The average Bonchev–Trinajstić information content (AvgIpc) is 3.23. The fourth-order valence-corrected chi connectivity index (χ4v) is 7.25. The van der Waals surface area contributed by atoms with Gasteiger partial charge in [0, 0.05) is 17.1 Å². The molecule has 1 aromatic heterocycles. The lowest BCUT2D eigenvalue weighted by atomic mass is 9.93. The second kappa shape index (κ2) is 9.01. The van der Waals surface area contributed by atoms with Crippen molar-refractivity contribution in [1.82, 2.24) is 15.1 Å². The number of carbonyl (C=O) groups excluding carboxylic acids is 1. The normalized spacial score (nSPS) is 23.4. The average molecular weight is 600 g/mol. The second-order valence-electron chi connectivity index (χ2n) is 10.1. The first-order valence-corrected chi connectivity index (χ1v) is 14.4. The van der Waals surface area contributed by atoms with Gasteiger partial charge < -0.3 is 10.2 Å². The van der Waals surface area contributed by atoms with Crippen molar-refractivity contribution < 1.29 is 26.4 Å². The van der Waals surface area contributed by atoms with Gasteiger partial charge in [-0.05, 0) is 63.6 Å². The molecule has 0 spiro atoms. The van der Waals surface area contributed by atoms with Crippen LogP contribution in [-0.2, 0) is 20.8 Å². The predicted molar refractivity (Wildman–Crippen MR) is 131 cm³/mol. The minimum atomic E-state index is -4.88. The van der Waals surface area contributed by atoms with Gasteiger partial charge in [-0.3, -0.25) is 4.79 Å². The highest BCUT2D eigenvalue weighted by molar-refractivity contribution is 9.10. The fraction of sp³-hybridized carbons (Fsp3) is 0.542. The van der Waals surface area contributed by atoms with Crippen LogP contribution in [0.25, 0.3) is 0 Å². The molecule has 0 bridgehead atoms. The van der Waals surface area contributed by atoms with Gasteiger partial charge in [0.1, 0.15) is 17.4 Å². The standard InChI is InChI=1S/C24H25BrF3N5O3S/c1-14-9-21(33(31-14)16-3-2-4-16)32-12-17(11-19(32)22(34)30-23(13-29)7-8-23)37(35,36)20-6-5-15(25)10-18(20)24(26,27)28/h5-6,9-10,16-17,19H,2-4,7-8,11-12H2,1H3,(H,30,34)/t17-,19+/m1/s1. The molecule has 3 fully saturated rings. The highest BCUT2D eigenvalue weighted by Crippen LogP contribution is 2.42. The van der Waals surface area contributed by atoms with Crippen LogP contribution in [0, 0.1) is 18.3 Å². The van der Waals surface area contributed by atoms with Gasteiger partial charge in [0.15, 0.2) is 9.84 Å². The molecule has 1 saturated heterocycles. The maximum atomic E-state index is 13.8. The maximum absolute atomic E-state index is 13.8. The quantitative estimate of drug-likeness (QED) is 0.530. The molecule has 1 amide bonds. The Balaban J connectivity index is 1.54. The van der Waals surface area contributed by atoms with E-state index < -0.39 is 49.2 Å². The number of sulfone groups is 1. The SMILES string of the molecule is Cc1cc(N2C[C@H](S(=O)(=O)c3ccc(Br)cc3C(F)(F)F)C[C@H]2C(=O)NC2(C#N)CC2)n(C2CCC2)n1. The molecule has 1 aliphatic heterocycles. The lowest BCUT2D eigenvalue weighted by Crippen LogP contribution is -2.48. The van der Waals surface area contributed by atoms with E-state index in [1.54, 1.807) is 22.6 Å². The number of carbonyl (C=O) groups is 1. The number of nitrogens with one attached hydrogen (secondary N) is 1. The number of nitriles is 1. The molecule has 1 N–H and O–H groups in total. The van der Waals surface area contributed by atoms with Gasteiger partial charge in [-0.1, -0.05) is 15.9 Å². The molecule has 37 heavy (non-hydrogen) atoms. The first-order valence-electron chi connectivity index (χ1n) is 12.0. The van der Waals surface area contributed by atoms with E-state index in [1.165, 1.54) is 6.07 Å². The van der Waals surface area contributed by atoms with Crippen LogP contribution in [-0.4, -0.2) is 47.5 Å². The van der Waals surface area contributed by atoms with E-state index in [4.69, 9.17) is 0 Å².